The Labute approximate surface area is 69.8 Å². The second-order valence-electron chi connectivity index (χ2n) is 2.28. The molecule has 0 fully saturated rings. The quantitative estimate of drug-likeness (QED) is 0.561. The molecule has 0 saturated heterocycles. The Balaban J connectivity index is 2.76. The molecule has 4 nitrogen and oxygen atoms in total. The Morgan fingerprint density at radius 2 is 2.45 bits per heavy atom. The third-order valence-electron chi connectivity index (χ3n) is 1.49. The van der Waals surface area contributed by atoms with Gasteiger partial charge < -0.3 is 16.0 Å². The van der Waals surface area contributed by atoms with Crippen molar-refractivity contribution in [2.75, 3.05) is 13.3 Å². The third-order valence-corrected chi connectivity index (χ3v) is 2.37. The van der Waals surface area contributed by atoms with Gasteiger partial charge in [-0.15, -0.1) is 11.8 Å². The molecule has 0 aromatic heterocycles. The van der Waals surface area contributed by atoms with Crippen molar-refractivity contribution in [2.45, 2.75) is 5.50 Å². The van der Waals surface area contributed by atoms with Gasteiger partial charge in [-0.25, -0.2) is 0 Å². The minimum atomic E-state index is -0.0550. The molecule has 1 aliphatic rings. The molecule has 0 bridgehead atoms. The molecule has 1 atom stereocenters. The first kappa shape index (κ1) is 8.26. The summed E-state index contributed by atoms with van der Waals surface area (Å²) in [6.07, 6.45) is 3.30. The van der Waals surface area contributed by atoms with E-state index in [-0.39, 0.29) is 11.4 Å². The lowest BCUT2D eigenvalue weighted by atomic mass is 10.4. The van der Waals surface area contributed by atoms with Gasteiger partial charge in [-0.1, -0.05) is 0 Å². The first-order valence-electron chi connectivity index (χ1n) is 3.18. The van der Waals surface area contributed by atoms with Crippen molar-refractivity contribution >= 4 is 17.7 Å². The highest BCUT2D eigenvalue weighted by molar-refractivity contribution is 7.99. The Morgan fingerprint density at radius 1 is 1.82 bits per heavy atom. The van der Waals surface area contributed by atoms with Gasteiger partial charge in [-0.3, -0.25) is 4.79 Å². The van der Waals surface area contributed by atoms with E-state index in [4.69, 9.17) is 5.73 Å². The molecular weight excluding hydrogens is 162 g/mol. The molecular formula is C6H11N3OS. The van der Waals surface area contributed by atoms with E-state index >= 15 is 0 Å². The molecule has 0 aromatic carbocycles. The van der Waals surface area contributed by atoms with Crippen LogP contribution in [0.2, 0.25) is 0 Å². The predicted molar refractivity (Wildman–Crippen MR) is 45.5 cm³/mol. The maximum absolute atomic E-state index is 11.1. The average Bonchev–Trinajstić information content (AvgIpc) is 1.96. The second kappa shape index (κ2) is 3.04. The molecule has 0 spiro atoms. The molecule has 1 heterocycles. The van der Waals surface area contributed by atoms with Crippen molar-refractivity contribution in [2.24, 2.45) is 5.73 Å². The summed E-state index contributed by atoms with van der Waals surface area (Å²) >= 11 is 1.53. The molecule has 0 aromatic rings. The van der Waals surface area contributed by atoms with Crippen LogP contribution in [0, 0.1) is 0 Å². The first-order chi connectivity index (χ1) is 5.15. The highest BCUT2D eigenvalue weighted by atomic mass is 32.2. The van der Waals surface area contributed by atoms with E-state index in [0.29, 0.717) is 5.82 Å². The summed E-state index contributed by atoms with van der Waals surface area (Å²) in [4.78, 5) is 12.7. The number of hydrogen-bond donors (Lipinski definition) is 2. The van der Waals surface area contributed by atoms with E-state index in [9.17, 15) is 4.79 Å². The Kier molecular flexibility index (Phi) is 2.28. The molecule has 1 unspecified atom stereocenters. The Hall–Kier alpha value is -0.840. The summed E-state index contributed by atoms with van der Waals surface area (Å²) in [6, 6.07) is 0. The van der Waals surface area contributed by atoms with Gasteiger partial charge in [-0.05, 0) is 6.26 Å². The molecule has 1 amide bonds. The minimum absolute atomic E-state index is 0.0347. The third kappa shape index (κ3) is 1.59. The van der Waals surface area contributed by atoms with Crippen LogP contribution in [0.15, 0.2) is 11.9 Å². The largest absolute Gasteiger partial charge is 0.385 e. The molecule has 0 saturated carbocycles. The standard InChI is InChI=1S/C6H11N3OS/c1-9-5(10)3-4(7)8-6(9)11-2/h3,6,8H,7H2,1-2H3. The van der Waals surface area contributed by atoms with Crippen molar-refractivity contribution in [3.8, 4) is 0 Å². The van der Waals surface area contributed by atoms with Crippen molar-refractivity contribution in [3.05, 3.63) is 11.9 Å². The van der Waals surface area contributed by atoms with Crippen LogP contribution in [0.25, 0.3) is 0 Å². The molecule has 0 radical (unpaired) electrons. The molecule has 0 aliphatic carbocycles. The lowest BCUT2D eigenvalue weighted by molar-refractivity contribution is -0.126. The molecule has 1 aliphatic heterocycles. The summed E-state index contributed by atoms with van der Waals surface area (Å²) < 4.78 is 0. The number of hydrogen-bond acceptors (Lipinski definition) is 4. The number of nitrogens with one attached hydrogen (secondary N) is 1. The zero-order valence-electron chi connectivity index (χ0n) is 6.50. The first-order valence-corrected chi connectivity index (χ1v) is 4.47. The summed E-state index contributed by atoms with van der Waals surface area (Å²) in [6.45, 7) is 0. The number of rotatable bonds is 1. The number of nitrogens with zero attached hydrogens (tertiary/aromatic N) is 1. The Morgan fingerprint density at radius 3 is 3.00 bits per heavy atom. The summed E-state index contributed by atoms with van der Waals surface area (Å²) in [5, 5.41) is 2.95. The van der Waals surface area contributed by atoms with Crippen molar-refractivity contribution < 1.29 is 4.79 Å². The van der Waals surface area contributed by atoms with Crippen molar-refractivity contribution in [3.63, 3.8) is 0 Å². The van der Waals surface area contributed by atoms with Crippen LogP contribution in [-0.2, 0) is 4.79 Å². The molecule has 62 valence electrons. The van der Waals surface area contributed by atoms with Gasteiger partial charge in [0.05, 0.1) is 0 Å². The van der Waals surface area contributed by atoms with Gasteiger partial charge in [0.2, 0.25) is 0 Å². The van der Waals surface area contributed by atoms with Crippen LogP contribution >= 0.6 is 11.8 Å². The van der Waals surface area contributed by atoms with Crippen molar-refractivity contribution in [1.82, 2.24) is 10.2 Å². The van der Waals surface area contributed by atoms with E-state index < -0.39 is 0 Å². The van der Waals surface area contributed by atoms with Gasteiger partial charge >= 0.3 is 0 Å². The SMILES string of the molecule is CSC1NC(N)=CC(=O)N1C. The van der Waals surface area contributed by atoms with E-state index in [2.05, 4.69) is 5.32 Å². The maximum atomic E-state index is 11.1. The number of carbonyl (C=O) groups is 1. The summed E-state index contributed by atoms with van der Waals surface area (Å²) in [5.41, 5.74) is 5.41. The number of likely N-dealkylation sites (N-methyl/N-ethyl adjacent to an activating group) is 1. The number of carbonyl (C=O) groups excluding carboxylic acids is 1. The second-order valence-corrected chi connectivity index (χ2v) is 3.20. The number of nitrogens with two attached hydrogens (primary N) is 1. The van der Waals surface area contributed by atoms with Crippen LogP contribution in [0.1, 0.15) is 0 Å². The highest BCUT2D eigenvalue weighted by Crippen LogP contribution is 2.12. The van der Waals surface area contributed by atoms with Gasteiger partial charge in [0.1, 0.15) is 5.82 Å². The van der Waals surface area contributed by atoms with Crippen LogP contribution < -0.4 is 11.1 Å². The minimum Gasteiger partial charge on any atom is -0.385 e. The normalized spacial score (nSPS) is 24.5. The fourth-order valence-corrected chi connectivity index (χ4v) is 1.52. The van der Waals surface area contributed by atoms with Gasteiger partial charge in [0.25, 0.3) is 5.91 Å². The Bertz CT molecular complexity index is 204. The lowest BCUT2D eigenvalue weighted by Crippen LogP contribution is -2.48. The van der Waals surface area contributed by atoms with Gasteiger partial charge in [-0.2, -0.15) is 0 Å². The molecule has 1 rings (SSSR count). The van der Waals surface area contributed by atoms with Gasteiger partial charge in [0.15, 0.2) is 5.50 Å². The van der Waals surface area contributed by atoms with Crippen molar-refractivity contribution in [1.29, 1.82) is 0 Å². The average molecular weight is 173 g/mol. The molecule has 11 heavy (non-hydrogen) atoms. The van der Waals surface area contributed by atoms with E-state index in [1.165, 1.54) is 17.8 Å². The number of amides is 1. The predicted octanol–water partition coefficient (Wildman–Crippen LogP) is -0.505. The fourth-order valence-electron chi connectivity index (χ4n) is 0.849. The molecule has 5 heteroatoms. The zero-order chi connectivity index (χ0) is 8.43. The zero-order valence-corrected chi connectivity index (χ0v) is 7.31. The molecule has 3 N–H and O–H groups in total. The highest BCUT2D eigenvalue weighted by Gasteiger charge is 2.21. The van der Waals surface area contributed by atoms with Crippen LogP contribution in [0.3, 0.4) is 0 Å². The smallest absolute Gasteiger partial charge is 0.252 e. The topological polar surface area (TPSA) is 58.4 Å². The summed E-state index contributed by atoms with van der Waals surface area (Å²) in [7, 11) is 1.74. The maximum Gasteiger partial charge on any atom is 0.252 e. The van der Waals surface area contributed by atoms with E-state index in [0.717, 1.165) is 0 Å². The van der Waals surface area contributed by atoms with E-state index in [1.807, 2.05) is 6.26 Å². The van der Waals surface area contributed by atoms with E-state index in [1.54, 1.807) is 11.9 Å². The lowest BCUT2D eigenvalue weighted by Gasteiger charge is -2.30. The van der Waals surface area contributed by atoms with Crippen LogP contribution in [-0.4, -0.2) is 29.6 Å². The van der Waals surface area contributed by atoms with Crippen LogP contribution in [0.5, 0.6) is 0 Å². The monoisotopic (exact) mass is 173 g/mol. The summed E-state index contributed by atoms with van der Waals surface area (Å²) in [5.74, 6) is 0.382. The van der Waals surface area contributed by atoms with Crippen LogP contribution in [0.4, 0.5) is 0 Å². The number of thioether (sulfide) groups is 1. The fraction of sp³-hybridized carbons (Fsp3) is 0.500. The van der Waals surface area contributed by atoms with Gasteiger partial charge in [0, 0.05) is 13.1 Å².